The zero-order valence-electron chi connectivity index (χ0n) is 13.5. The van der Waals surface area contributed by atoms with Gasteiger partial charge in [0.2, 0.25) is 0 Å². The fourth-order valence-corrected chi connectivity index (χ4v) is 2.83. The molecule has 0 spiro atoms. The van der Waals surface area contributed by atoms with Gasteiger partial charge < -0.3 is 14.8 Å². The van der Waals surface area contributed by atoms with Crippen molar-refractivity contribution in [2.45, 2.75) is 59.3 Å². The van der Waals surface area contributed by atoms with Crippen molar-refractivity contribution >= 4 is 11.3 Å². The maximum atomic E-state index is 5.78. The van der Waals surface area contributed by atoms with Crippen LogP contribution in [0.4, 0.5) is 0 Å². The quantitative estimate of drug-likeness (QED) is 0.665. The Hall–Kier alpha value is -0.420. The minimum Gasteiger partial charge on any atom is -0.379 e. The van der Waals surface area contributed by atoms with E-state index in [4.69, 9.17) is 9.47 Å². The fraction of sp³-hybridized carbons (Fsp3) is 0.750. The zero-order valence-corrected chi connectivity index (χ0v) is 14.4. The number of aryl methyl sites for hydroxylation is 1. The normalized spacial score (nSPS) is 12.1. The lowest BCUT2D eigenvalue weighted by atomic mass is 10.1. The lowest BCUT2D eigenvalue weighted by Crippen LogP contribution is -2.24. The molecule has 0 atom stereocenters. The lowest BCUT2D eigenvalue weighted by molar-refractivity contribution is -0.0124. The summed E-state index contributed by atoms with van der Waals surface area (Å²) in [6, 6.07) is 2.27. The standard InChI is InChI=1S/C16H29NO2S/c1-6-8-17-11-15-10-14(13(2)20-15)12-19-9-7-16(3,4)18-5/h10,17H,6-9,11-12H2,1-5H3. The van der Waals surface area contributed by atoms with E-state index in [-0.39, 0.29) is 5.60 Å². The molecule has 20 heavy (non-hydrogen) atoms. The van der Waals surface area contributed by atoms with E-state index in [1.54, 1.807) is 7.11 Å². The summed E-state index contributed by atoms with van der Waals surface area (Å²) in [5.41, 5.74) is 1.22. The molecule has 1 heterocycles. The smallest absolute Gasteiger partial charge is 0.0727 e. The van der Waals surface area contributed by atoms with Gasteiger partial charge in [-0.25, -0.2) is 0 Å². The van der Waals surface area contributed by atoms with E-state index in [1.165, 1.54) is 21.7 Å². The van der Waals surface area contributed by atoms with Crippen molar-refractivity contribution < 1.29 is 9.47 Å². The molecule has 4 heteroatoms. The summed E-state index contributed by atoms with van der Waals surface area (Å²) in [6.07, 6.45) is 2.09. The Balaban J connectivity index is 2.33. The maximum Gasteiger partial charge on any atom is 0.0727 e. The van der Waals surface area contributed by atoms with Crippen molar-refractivity contribution in [1.29, 1.82) is 0 Å². The molecule has 0 radical (unpaired) electrons. The van der Waals surface area contributed by atoms with Gasteiger partial charge in [0.05, 0.1) is 12.2 Å². The van der Waals surface area contributed by atoms with Crippen LogP contribution in [0.3, 0.4) is 0 Å². The average Bonchev–Trinajstić information content (AvgIpc) is 2.76. The molecule has 0 aliphatic rings. The summed E-state index contributed by atoms with van der Waals surface area (Å²) < 4.78 is 11.2. The SMILES string of the molecule is CCCNCc1cc(COCCC(C)(C)OC)c(C)s1. The Morgan fingerprint density at radius 2 is 2.10 bits per heavy atom. The average molecular weight is 299 g/mol. The van der Waals surface area contributed by atoms with Gasteiger partial charge >= 0.3 is 0 Å². The van der Waals surface area contributed by atoms with E-state index in [0.717, 1.165) is 26.1 Å². The monoisotopic (exact) mass is 299 g/mol. The van der Waals surface area contributed by atoms with Gasteiger partial charge in [-0.1, -0.05) is 6.92 Å². The summed E-state index contributed by atoms with van der Waals surface area (Å²) in [6.45, 7) is 12.0. The predicted molar refractivity (Wildman–Crippen MR) is 86.4 cm³/mol. The molecular formula is C16H29NO2S. The van der Waals surface area contributed by atoms with Crippen LogP contribution in [0.25, 0.3) is 0 Å². The van der Waals surface area contributed by atoms with Crippen molar-refractivity contribution in [3.63, 3.8) is 0 Å². The Morgan fingerprint density at radius 1 is 1.35 bits per heavy atom. The van der Waals surface area contributed by atoms with Crippen LogP contribution in [0.15, 0.2) is 6.07 Å². The van der Waals surface area contributed by atoms with Crippen LogP contribution in [0.5, 0.6) is 0 Å². The van der Waals surface area contributed by atoms with Crippen LogP contribution < -0.4 is 5.32 Å². The summed E-state index contributed by atoms with van der Waals surface area (Å²) in [7, 11) is 1.75. The van der Waals surface area contributed by atoms with Crippen molar-refractivity contribution in [2.75, 3.05) is 20.3 Å². The van der Waals surface area contributed by atoms with Crippen LogP contribution >= 0.6 is 11.3 Å². The molecule has 0 saturated carbocycles. The Kier molecular flexibility index (Phi) is 7.74. The Morgan fingerprint density at radius 3 is 2.75 bits per heavy atom. The molecular weight excluding hydrogens is 270 g/mol. The molecule has 116 valence electrons. The molecule has 1 rings (SSSR count). The molecule has 0 aliphatic carbocycles. The first-order valence-electron chi connectivity index (χ1n) is 7.40. The predicted octanol–water partition coefficient (Wildman–Crippen LogP) is 3.89. The van der Waals surface area contributed by atoms with Gasteiger partial charge in [0.25, 0.3) is 0 Å². The first-order valence-corrected chi connectivity index (χ1v) is 8.22. The number of rotatable bonds is 10. The Bertz CT molecular complexity index is 388. The topological polar surface area (TPSA) is 30.5 Å². The third kappa shape index (κ3) is 6.35. The highest BCUT2D eigenvalue weighted by molar-refractivity contribution is 7.12. The molecule has 0 unspecified atom stereocenters. The van der Waals surface area contributed by atoms with Crippen LogP contribution in [-0.2, 0) is 22.6 Å². The van der Waals surface area contributed by atoms with E-state index in [9.17, 15) is 0 Å². The molecule has 3 nitrogen and oxygen atoms in total. The first-order chi connectivity index (χ1) is 9.48. The van der Waals surface area contributed by atoms with E-state index in [0.29, 0.717) is 6.61 Å². The van der Waals surface area contributed by atoms with Crippen molar-refractivity contribution in [2.24, 2.45) is 0 Å². The largest absolute Gasteiger partial charge is 0.379 e. The number of hydrogen-bond acceptors (Lipinski definition) is 4. The molecule has 1 aromatic heterocycles. The van der Waals surface area contributed by atoms with Crippen LogP contribution in [-0.4, -0.2) is 25.9 Å². The second kappa shape index (κ2) is 8.78. The van der Waals surface area contributed by atoms with Crippen molar-refractivity contribution in [1.82, 2.24) is 5.32 Å². The highest BCUT2D eigenvalue weighted by Gasteiger charge is 2.15. The molecule has 1 aromatic rings. The molecule has 1 N–H and O–H groups in total. The molecule has 0 aliphatic heterocycles. The van der Waals surface area contributed by atoms with Gasteiger partial charge in [0, 0.05) is 30.0 Å². The molecule has 0 bridgehead atoms. The zero-order chi connectivity index (χ0) is 15.0. The minimum atomic E-state index is -0.0983. The highest BCUT2D eigenvalue weighted by atomic mass is 32.1. The third-order valence-electron chi connectivity index (χ3n) is 3.46. The number of nitrogens with one attached hydrogen (secondary N) is 1. The van der Waals surface area contributed by atoms with Crippen LogP contribution in [0.1, 0.15) is 48.9 Å². The van der Waals surface area contributed by atoms with E-state index in [1.807, 2.05) is 11.3 Å². The van der Waals surface area contributed by atoms with Gasteiger partial charge in [-0.3, -0.25) is 0 Å². The number of hydrogen-bond donors (Lipinski definition) is 1. The Labute approximate surface area is 127 Å². The summed E-state index contributed by atoms with van der Waals surface area (Å²) in [4.78, 5) is 2.76. The minimum absolute atomic E-state index is 0.0983. The summed E-state index contributed by atoms with van der Waals surface area (Å²) in [5.74, 6) is 0. The summed E-state index contributed by atoms with van der Waals surface area (Å²) >= 11 is 1.87. The van der Waals surface area contributed by atoms with E-state index < -0.39 is 0 Å². The van der Waals surface area contributed by atoms with Gasteiger partial charge in [0.15, 0.2) is 0 Å². The fourth-order valence-electron chi connectivity index (χ4n) is 1.81. The van der Waals surface area contributed by atoms with E-state index >= 15 is 0 Å². The van der Waals surface area contributed by atoms with Crippen LogP contribution in [0.2, 0.25) is 0 Å². The second-order valence-electron chi connectivity index (χ2n) is 5.74. The van der Waals surface area contributed by atoms with Gasteiger partial charge in [-0.2, -0.15) is 0 Å². The van der Waals surface area contributed by atoms with Crippen molar-refractivity contribution in [3.05, 3.63) is 21.4 Å². The maximum absolute atomic E-state index is 5.78. The van der Waals surface area contributed by atoms with Crippen LogP contribution in [0, 0.1) is 6.92 Å². The molecule has 0 aromatic carbocycles. The first kappa shape index (κ1) is 17.6. The molecule has 0 fully saturated rings. The number of thiophene rings is 1. The second-order valence-corrected chi connectivity index (χ2v) is 7.08. The van der Waals surface area contributed by atoms with Gasteiger partial charge in [0.1, 0.15) is 0 Å². The van der Waals surface area contributed by atoms with Gasteiger partial charge in [-0.05, 0) is 51.8 Å². The highest BCUT2D eigenvalue weighted by Crippen LogP contribution is 2.22. The van der Waals surface area contributed by atoms with E-state index in [2.05, 4.69) is 39.1 Å². The molecule has 0 saturated heterocycles. The summed E-state index contributed by atoms with van der Waals surface area (Å²) in [5, 5.41) is 3.44. The molecule has 0 amide bonds. The number of ether oxygens (including phenoxy) is 2. The lowest BCUT2D eigenvalue weighted by Gasteiger charge is -2.22. The van der Waals surface area contributed by atoms with Gasteiger partial charge in [-0.15, -0.1) is 11.3 Å². The third-order valence-corrected chi connectivity index (χ3v) is 4.55. The number of methoxy groups -OCH3 is 1. The van der Waals surface area contributed by atoms with Crippen molar-refractivity contribution in [3.8, 4) is 0 Å².